The molecule has 2 aliphatic heterocycles. The second-order valence-corrected chi connectivity index (χ2v) is 7.20. The predicted molar refractivity (Wildman–Crippen MR) is 108 cm³/mol. The minimum atomic E-state index is -0.574. The van der Waals surface area contributed by atoms with E-state index in [0.717, 1.165) is 0 Å². The molecule has 0 spiro atoms. The monoisotopic (exact) mass is 417 g/mol. The van der Waals surface area contributed by atoms with Gasteiger partial charge in [-0.2, -0.15) is 10.4 Å². The largest absolute Gasteiger partial charge is 0.353 e. The molecule has 1 saturated heterocycles. The van der Waals surface area contributed by atoms with Crippen molar-refractivity contribution in [2.45, 2.75) is 6.54 Å². The number of nitrogens with zero attached hydrogens (tertiary/aromatic N) is 5. The van der Waals surface area contributed by atoms with Crippen molar-refractivity contribution in [1.82, 2.24) is 25.4 Å². The summed E-state index contributed by atoms with van der Waals surface area (Å²) in [6.45, 7) is 1.53. The van der Waals surface area contributed by atoms with Crippen LogP contribution in [0.2, 0.25) is 0 Å². The fourth-order valence-corrected chi connectivity index (χ4v) is 3.85. The van der Waals surface area contributed by atoms with Crippen LogP contribution in [-0.4, -0.2) is 46.2 Å². The summed E-state index contributed by atoms with van der Waals surface area (Å²) in [6, 6.07) is 9.55. The summed E-state index contributed by atoms with van der Waals surface area (Å²) < 4.78 is 16.1. The molecular formula is C21H16FN7O2. The van der Waals surface area contributed by atoms with E-state index in [2.05, 4.69) is 20.7 Å². The van der Waals surface area contributed by atoms with Crippen molar-refractivity contribution >= 4 is 17.6 Å². The number of fused-ring (bicyclic) bond motifs is 1. The van der Waals surface area contributed by atoms with Gasteiger partial charge in [-0.05, 0) is 18.2 Å². The fourth-order valence-electron chi connectivity index (χ4n) is 3.85. The van der Waals surface area contributed by atoms with Gasteiger partial charge in [0.05, 0.1) is 52.9 Å². The Morgan fingerprint density at radius 3 is 2.84 bits per heavy atom. The fraction of sp³-hybridized carbons (Fsp3) is 0.190. The van der Waals surface area contributed by atoms with Gasteiger partial charge in [-0.3, -0.25) is 9.59 Å². The molecule has 0 bridgehead atoms. The summed E-state index contributed by atoms with van der Waals surface area (Å²) in [4.78, 5) is 30.5. The number of carbonyl (C=O) groups excluding carboxylic acids is 2. The number of rotatable bonds is 3. The van der Waals surface area contributed by atoms with Crippen LogP contribution < -0.4 is 15.5 Å². The third-order valence-corrected chi connectivity index (χ3v) is 5.29. The van der Waals surface area contributed by atoms with E-state index in [-0.39, 0.29) is 41.7 Å². The van der Waals surface area contributed by atoms with E-state index in [9.17, 15) is 19.2 Å². The summed E-state index contributed by atoms with van der Waals surface area (Å²) in [5.41, 5.74) is 1.71. The molecule has 2 amide bonds. The van der Waals surface area contributed by atoms with E-state index in [1.807, 2.05) is 11.0 Å². The Kier molecular flexibility index (Phi) is 4.36. The lowest BCUT2D eigenvalue weighted by molar-refractivity contribution is -0.120. The SMILES string of the molecule is N#Cc1cccc(F)c1-c1cc(-n2ccc(N3CCNC(=O)C3)n2)c2c(n1)CNC2=O. The number of amides is 2. The van der Waals surface area contributed by atoms with Crippen molar-refractivity contribution in [3.8, 4) is 23.0 Å². The zero-order valence-electron chi connectivity index (χ0n) is 16.2. The van der Waals surface area contributed by atoms with Crippen molar-refractivity contribution < 1.29 is 14.0 Å². The zero-order chi connectivity index (χ0) is 21.5. The first kappa shape index (κ1) is 18.7. The number of aromatic nitrogens is 3. The van der Waals surface area contributed by atoms with E-state index >= 15 is 0 Å². The van der Waals surface area contributed by atoms with Crippen LogP contribution in [0, 0.1) is 17.1 Å². The molecule has 2 aliphatic rings. The second-order valence-electron chi connectivity index (χ2n) is 7.20. The molecule has 9 nitrogen and oxygen atoms in total. The average Bonchev–Trinajstić information content (AvgIpc) is 3.40. The first-order chi connectivity index (χ1) is 15.0. The number of hydrogen-bond donors (Lipinski definition) is 2. The van der Waals surface area contributed by atoms with Crippen LogP contribution in [0.4, 0.5) is 10.2 Å². The number of benzene rings is 1. The van der Waals surface area contributed by atoms with Crippen molar-refractivity contribution in [1.29, 1.82) is 5.26 Å². The highest BCUT2D eigenvalue weighted by Gasteiger charge is 2.28. The first-order valence-corrected chi connectivity index (χ1v) is 9.64. The van der Waals surface area contributed by atoms with E-state index in [1.54, 1.807) is 18.3 Å². The van der Waals surface area contributed by atoms with E-state index in [1.165, 1.54) is 22.9 Å². The molecule has 0 aliphatic carbocycles. The molecule has 0 atom stereocenters. The highest BCUT2D eigenvalue weighted by Crippen LogP contribution is 2.31. The molecule has 10 heteroatoms. The Morgan fingerprint density at radius 1 is 1.16 bits per heavy atom. The van der Waals surface area contributed by atoms with Crippen molar-refractivity contribution in [2.24, 2.45) is 0 Å². The number of pyridine rings is 1. The minimum absolute atomic E-state index is 0.0773. The van der Waals surface area contributed by atoms with Crippen molar-refractivity contribution in [3.63, 3.8) is 0 Å². The molecule has 3 aromatic rings. The highest BCUT2D eigenvalue weighted by atomic mass is 19.1. The van der Waals surface area contributed by atoms with E-state index in [4.69, 9.17) is 0 Å². The highest BCUT2D eigenvalue weighted by molar-refractivity contribution is 6.01. The second kappa shape index (κ2) is 7.21. The number of anilines is 1. The summed E-state index contributed by atoms with van der Waals surface area (Å²) in [7, 11) is 0. The maximum Gasteiger partial charge on any atom is 0.255 e. The lowest BCUT2D eigenvalue weighted by atomic mass is 10.0. The average molecular weight is 417 g/mol. The lowest BCUT2D eigenvalue weighted by Gasteiger charge is -2.26. The Morgan fingerprint density at radius 2 is 2.03 bits per heavy atom. The Balaban J connectivity index is 1.64. The summed E-state index contributed by atoms with van der Waals surface area (Å²) >= 11 is 0. The Hall–Kier alpha value is -4.26. The van der Waals surface area contributed by atoms with Gasteiger partial charge in [0.1, 0.15) is 5.82 Å². The summed E-state index contributed by atoms with van der Waals surface area (Å²) in [5.74, 6) is -0.373. The van der Waals surface area contributed by atoms with E-state index < -0.39 is 5.82 Å². The van der Waals surface area contributed by atoms with Gasteiger partial charge in [0.25, 0.3) is 5.91 Å². The zero-order valence-corrected chi connectivity index (χ0v) is 16.2. The van der Waals surface area contributed by atoms with Crippen LogP contribution in [-0.2, 0) is 11.3 Å². The minimum Gasteiger partial charge on any atom is -0.353 e. The van der Waals surface area contributed by atoms with Crippen LogP contribution >= 0.6 is 0 Å². The Bertz CT molecular complexity index is 1280. The molecule has 31 heavy (non-hydrogen) atoms. The molecule has 4 heterocycles. The molecule has 1 aromatic carbocycles. The van der Waals surface area contributed by atoms with Gasteiger partial charge in [-0.15, -0.1) is 0 Å². The number of nitriles is 1. The molecule has 0 unspecified atom stereocenters. The number of halogens is 1. The predicted octanol–water partition coefficient (Wildman–Crippen LogP) is 1.12. The molecule has 1 fully saturated rings. The first-order valence-electron chi connectivity index (χ1n) is 9.64. The van der Waals surface area contributed by atoms with Crippen LogP contribution in [0.25, 0.3) is 16.9 Å². The van der Waals surface area contributed by atoms with Crippen molar-refractivity contribution in [3.05, 3.63) is 59.2 Å². The smallest absolute Gasteiger partial charge is 0.255 e. The Labute approximate surface area is 176 Å². The normalized spacial score (nSPS) is 15.3. The molecule has 5 rings (SSSR count). The number of carbonyl (C=O) groups is 2. The lowest BCUT2D eigenvalue weighted by Crippen LogP contribution is -2.47. The number of nitrogens with one attached hydrogen (secondary N) is 2. The molecular weight excluding hydrogens is 401 g/mol. The molecule has 154 valence electrons. The van der Waals surface area contributed by atoms with Gasteiger partial charge < -0.3 is 15.5 Å². The van der Waals surface area contributed by atoms with Gasteiger partial charge in [-0.1, -0.05) is 6.07 Å². The van der Waals surface area contributed by atoms with Crippen LogP contribution in [0.1, 0.15) is 21.6 Å². The molecule has 0 radical (unpaired) electrons. The summed E-state index contributed by atoms with van der Waals surface area (Å²) in [5, 5.41) is 19.5. The number of hydrogen-bond acceptors (Lipinski definition) is 6. The van der Waals surface area contributed by atoms with Gasteiger partial charge in [0.2, 0.25) is 5.91 Å². The van der Waals surface area contributed by atoms with Gasteiger partial charge >= 0.3 is 0 Å². The van der Waals surface area contributed by atoms with Gasteiger partial charge in [0.15, 0.2) is 5.82 Å². The van der Waals surface area contributed by atoms with Crippen LogP contribution in [0.3, 0.4) is 0 Å². The quantitative estimate of drug-likeness (QED) is 0.660. The van der Waals surface area contributed by atoms with Gasteiger partial charge in [-0.25, -0.2) is 14.1 Å². The third kappa shape index (κ3) is 3.16. The maximum atomic E-state index is 14.6. The van der Waals surface area contributed by atoms with Crippen LogP contribution in [0.5, 0.6) is 0 Å². The van der Waals surface area contributed by atoms with Gasteiger partial charge in [0, 0.05) is 25.4 Å². The third-order valence-electron chi connectivity index (χ3n) is 5.29. The van der Waals surface area contributed by atoms with Crippen molar-refractivity contribution in [2.75, 3.05) is 24.5 Å². The molecule has 2 N–H and O–H groups in total. The topological polar surface area (TPSA) is 116 Å². The molecule has 0 saturated carbocycles. The molecule has 2 aromatic heterocycles. The maximum absolute atomic E-state index is 14.6. The van der Waals surface area contributed by atoms with E-state index in [0.29, 0.717) is 35.9 Å². The number of piperazine rings is 1. The van der Waals surface area contributed by atoms with Crippen LogP contribution in [0.15, 0.2) is 36.5 Å². The standard InChI is InChI=1S/C21H16FN7O2/c22-13-3-1-2-12(9-23)19(13)14-8-16(20-15(26-14)10-25-21(20)31)29-6-4-17(27-29)28-7-5-24-18(30)11-28/h1-4,6,8H,5,7,10-11H2,(H,24,30)(H,25,31). The summed E-state index contributed by atoms with van der Waals surface area (Å²) in [6.07, 6.45) is 1.68.